The first-order chi connectivity index (χ1) is 14.7. The summed E-state index contributed by atoms with van der Waals surface area (Å²) >= 11 is 3.99. The van der Waals surface area contributed by atoms with E-state index in [1.54, 1.807) is 0 Å². The van der Waals surface area contributed by atoms with E-state index >= 15 is 0 Å². The molecular weight excluding hydrogens is 410 g/mol. The van der Waals surface area contributed by atoms with E-state index in [0.717, 1.165) is 51.3 Å². The van der Waals surface area contributed by atoms with Crippen molar-refractivity contribution in [1.82, 2.24) is 10.2 Å². The number of nitrogens with one attached hydrogen (secondary N) is 1. The molecule has 1 N–H and O–H groups in total. The average molecular weight is 442 g/mol. The van der Waals surface area contributed by atoms with Gasteiger partial charge in [0.25, 0.3) is 5.91 Å². The lowest BCUT2D eigenvalue weighted by Crippen LogP contribution is -2.47. The van der Waals surface area contributed by atoms with Crippen molar-refractivity contribution in [3.8, 4) is 0 Å². The Bertz CT molecular complexity index is 829. The number of carbonyl (C=O) groups excluding carboxylic acids is 1. The second-order valence-electron chi connectivity index (χ2n) is 7.97. The second-order valence-corrected chi connectivity index (χ2v) is 10.7. The molecule has 160 valence electrons. The van der Waals surface area contributed by atoms with E-state index in [-0.39, 0.29) is 5.91 Å². The van der Waals surface area contributed by atoms with Crippen molar-refractivity contribution in [1.29, 1.82) is 0 Å². The van der Waals surface area contributed by atoms with Gasteiger partial charge in [-0.1, -0.05) is 24.3 Å². The lowest BCUT2D eigenvalue weighted by Gasteiger charge is -2.36. The second kappa shape index (κ2) is 10.6. The minimum Gasteiger partial charge on any atom is -0.369 e. The maximum atomic E-state index is 12.4. The molecule has 0 saturated carbocycles. The van der Waals surface area contributed by atoms with Gasteiger partial charge in [-0.2, -0.15) is 0 Å². The van der Waals surface area contributed by atoms with Crippen molar-refractivity contribution in [3.63, 3.8) is 0 Å². The van der Waals surface area contributed by atoms with Crippen LogP contribution in [0.1, 0.15) is 32.5 Å². The molecule has 2 saturated heterocycles. The summed E-state index contributed by atoms with van der Waals surface area (Å²) in [5, 5.41) is 3.08. The third-order valence-corrected chi connectivity index (χ3v) is 8.85. The summed E-state index contributed by atoms with van der Waals surface area (Å²) in [5.74, 6) is 2.48. The number of rotatable bonds is 7. The van der Waals surface area contributed by atoms with Crippen LogP contribution in [0.25, 0.3) is 0 Å². The van der Waals surface area contributed by atoms with E-state index in [9.17, 15) is 4.79 Å². The molecule has 4 nitrogen and oxygen atoms in total. The first-order valence-corrected chi connectivity index (χ1v) is 12.9. The van der Waals surface area contributed by atoms with Crippen LogP contribution in [0.2, 0.25) is 0 Å². The molecule has 0 spiro atoms. The molecule has 2 aliphatic rings. The number of anilines is 1. The zero-order valence-corrected chi connectivity index (χ0v) is 19.3. The van der Waals surface area contributed by atoms with Crippen LogP contribution in [0.4, 0.5) is 5.69 Å². The minimum absolute atomic E-state index is 0.0394. The van der Waals surface area contributed by atoms with Gasteiger partial charge < -0.3 is 10.2 Å². The van der Waals surface area contributed by atoms with Crippen molar-refractivity contribution in [2.24, 2.45) is 0 Å². The molecule has 4 rings (SSSR count). The van der Waals surface area contributed by atoms with E-state index in [4.69, 9.17) is 0 Å². The number of thioether (sulfide) groups is 2. The molecule has 6 heteroatoms. The maximum absolute atomic E-state index is 12.4. The number of aryl methyl sites for hydroxylation is 1. The molecule has 2 fully saturated rings. The van der Waals surface area contributed by atoms with E-state index in [2.05, 4.69) is 58.4 Å². The molecule has 2 aliphatic heterocycles. The highest BCUT2D eigenvalue weighted by Crippen LogP contribution is 2.45. The summed E-state index contributed by atoms with van der Waals surface area (Å²) in [6.45, 7) is 8.22. The SMILES string of the molecule is Cc1cccc(N2CCN(CCCNC(=O)c3ccc(C4SCCS4)cc3)CC2)c1. The highest BCUT2D eigenvalue weighted by molar-refractivity contribution is 8.19. The average Bonchev–Trinajstić information content (AvgIpc) is 3.32. The molecule has 1 amide bonds. The third-order valence-electron chi connectivity index (χ3n) is 5.74. The third kappa shape index (κ3) is 5.74. The molecule has 0 radical (unpaired) electrons. The molecule has 2 heterocycles. The number of hydrogen-bond acceptors (Lipinski definition) is 5. The first kappa shape index (κ1) is 21.6. The molecule has 0 aromatic heterocycles. The minimum atomic E-state index is 0.0394. The predicted octanol–water partition coefficient (Wildman–Crippen LogP) is 4.42. The van der Waals surface area contributed by atoms with Gasteiger partial charge in [-0.25, -0.2) is 0 Å². The largest absolute Gasteiger partial charge is 0.369 e. The first-order valence-electron chi connectivity index (χ1n) is 10.8. The smallest absolute Gasteiger partial charge is 0.251 e. The number of hydrogen-bond donors (Lipinski definition) is 1. The summed E-state index contributed by atoms with van der Waals surface area (Å²) in [6, 6.07) is 16.9. The van der Waals surface area contributed by atoms with Crippen LogP contribution in [0, 0.1) is 6.92 Å². The maximum Gasteiger partial charge on any atom is 0.251 e. The van der Waals surface area contributed by atoms with Gasteiger partial charge in [0.15, 0.2) is 0 Å². The van der Waals surface area contributed by atoms with Crippen LogP contribution in [-0.2, 0) is 0 Å². The molecular formula is C24H31N3OS2. The van der Waals surface area contributed by atoms with Gasteiger partial charge in [0, 0.05) is 55.5 Å². The number of carbonyl (C=O) groups is 1. The van der Waals surface area contributed by atoms with Gasteiger partial charge in [-0.05, 0) is 55.3 Å². The van der Waals surface area contributed by atoms with Gasteiger partial charge in [0.2, 0.25) is 0 Å². The molecule has 0 aliphatic carbocycles. The van der Waals surface area contributed by atoms with Crippen molar-refractivity contribution in [2.75, 3.05) is 55.7 Å². The summed E-state index contributed by atoms with van der Waals surface area (Å²) in [5.41, 5.74) is 4.73. The van der Waals surface area contributed by atoms with E-state index < -0.39 is 0 Å². The van der Waals surface area contributed by atoms with E-state index in [0.29, 0.717) is 4.58 Å². The summed E-state index contributed by atoms with van der Waals surface area (Å²) in [7, 11) is 0. The fourth-order valence-electron chi connectivity index (χ4n) is 4.00. The number of piperazine rings is 1. The van der Waals surface area contributed by atoms with Gasteiger partial charge in [0.1, 0.15) is 0 Å². The van der Waals surface area contributed by atoms with Crippen LogP contribution in [0.15, 0.2) is 48.5 Å². The Hall–Kier alpha value is -1.63. The van der Waals surface area contributed by atoms with Gasteiger partial charge in [-0.15, -0.1) is 23.5 Å². The molecule has 0 atom stereocenters. The highest BCUT2D eigenvalue weighted by atomic mass is 32.2. The fraction of sp³-hybridized carbons (Fsp3) is 0.458. The fourth-order valence-corrected chi connectivity index (χ4v) is 6.86. The van der Waals surface area contributed by atoms with Crippen LogP contribution in [-0.4, -0.2) is 61.6 Å². The van der Waals surface area contributed by atoms with E-state index in [1.165, 1.54) is 28.3 Å². The lowest BCUT2D eigenvalue weighted by molar-refractivity contribution is 0.0951. The predicted molar refractivity (Wildman–Crippen MR) is 131 cm³/mol. The Morgan fingerprint density at radius 1 is 1.03 bits per heavy atom. The van der Waals surface area contributed by atoms with Crippen molar-refractivity contribution in [2.45, 2.75) is 17.9 Å². The Kier molecular flexibility index (Phi) is 7.63. The molecule has 2 aromatic rings. The number of amides is 1. The summed E-state index contributed by atoms with van der Waals surface area (Å²) < 4.78 is 0.536. The van der Waals surface area contributed by atoms with Gasteiger partial charge in [0.05, 0.1) is 4.58 Å². The van der Waals surface area contributed by atoms with Crippen molar-refractivity contribution in [3.05, 3.63) is 65.2 Å². The Balaban J connectivity index is 1.14. The van der Waals surface area contributed by atoms with Crippen LogP contribution in [0.5, 0.6) is 0 Å². The van der Waals surface area contributed by atoms with Crippen LogP contribution >= 0.6 is 23.5 Å². The van der Waals surface area contributed by atoms with Gasteiger partial charge >= 0.3 is 0 Å². The topological polar surface area (TPSA) is 35.6 Å². The van der Waals surface area contributed by atoms with Crippen molar-refractivity contribution >= 4 is 35.1 Å². The number of benzene rings is 2. The summed E-state index contributed by atoms with van der Waals surface area (Å²) in [6.07, 6.45) is 0.990. The zero-order valence-electron chi connectivity index (χ0n) is 17.7. The van der Waals surface area contributed by atoms with Crippen LogP contribution in [0.3, 0.4) is 0 Å². The quantitative estimate of drug-likeness (QED) is 0.644. The summed E-state index contributed by atoms with van der Waals surface area (Å²) in [4.78, 5) is 17.4. The number of nitrogens with zero attached hydrogens (tertiary/aromatic N) is 2. The van der Waals surface area contributed by atoms with Crippen LogP contribution < -0.4 is 10.2 Å². The monoisotopic (exact) mass is 441 g/mol. The van der Waals surface area contributed by atoms with Gasteiger partial charge in [-0.3, -0.25) is 9.69 Å². The molecule has 0 bridgehead atoms. The van der Waals surface area contributed by atoms with E-state index in [1.807, 2.05) is 35.7 Å². The Labute approximate surface area is 188 Å². The highest BCUT2D eigenvalue weighted by Gasteiger charge is 2.19. The van der Waals surface area contributed by atoms with Crippen molar-refractivity contribution < 1.29 is 4.79 Å². The standard InChI is InChI=1S/C24H31N3OS2/c1-19-4-2-5-22(18-19)27-14-12-26(13-15-27)11-3-10-25-23(28)20-6-8-21(9-7-20)24-29-16-17-30-24/h2,4-9,18,24H,3,10-17H2,1H3,(H,25,28). The molecule has 2 aromatic carbocycles. The molecule has 0 unspecified atom stereocenters. The normalized spacial score (nSPS) is 18.0. The Morgan fingerprint density at radius 2 is 1.77 bits per heavy atom. The zero-order chi connectivity index (χ0) is 20.8. The molecule has 30 heavy (non-hydrogen) atoms. The Morgan fingerprint density at radius 3 is 2.47 bits per heavy atom. The lowest BCUT2D eigenvalue weighted by atomic mass is 10.1.